The number of benzene rings is 2. The number of nitrogens with one attached hydrogen (secondary N) is 2. The van der Waals surface area contributed by atoms with Gasteiger partial charge in [-0.3, -0.25) is 4.79 Å². The molecule has 0 aliphatic carbocycles. The van der Waals surface area contributed by atoms with Gasteiger partial charge in [-0.1, -0.05) is 22.0 Å². The van der Waals surface area contributed by atoms with Gasteiger partial charge in [-0.2, -0.15) is 0 Å². The highest BCUT2D eigenvalue weighted by Crippen LogP contribution is 2.25. The number of hydrogen-bond donors (Lipinski definition) is 3. The van der Waals surface area contributed by atoms with Crippen molar-refractivity contribution < 1.29 is 23.1 Å². The Hall–Kier alpha value is -2.40. The number of hydrogen-bond acceptors (Lipinski definition) is 5. The minimum Gasteiger partial charge on any atom is -0.491 e. The second-order valence-corrected chi connectivity index (χ2v) is 10.2. The van der Waals surface area contributed by atoms with E-state index in [0.717, 1.165) is 20.9 Å². The molecule has 0 saturated carbocycles. The molecule has 3 N–H and O–H groups in total. The van der Waals surface area contributed by atoms with Gasteiger partial charge in [0.1, 0.15) is 12.3 Å². The molecule has 8 nitrogen and oxygen atoms in total. The van der Waals surface area contributed by atoms with Crippen LogP contribution in [0.25, 0.3) is 10.9 Å². The van der Waals surface area contributed by atoms with Crippen LogP contribution < -0.4 is 14.8 Å². The van der Waals surface area contributed by atoms with E-state index in [4.69, 9.17) is 9.84 Å². The van der Waals surface area contributed by atoms with Crippen LogP contribution in [0.15, 0.2) is 58.0 Å². The molecule has 0 unspecified atom stereocenters. The number of rotatable bonds is 11. The molecule has 0 saturated heterocycles. The lowest BCUT2D eigenvalue weighted by Crippen LogP contribution is -2.31. The van der Waals surface area contributed by atoms with Gasteiger partial charge in [-0.15, -0.1) is 0 Å². The Morgan fingerprint density at radius 3 is 2.53 bits per heavy atom. The number of fused-ring (bicyclic) bond motifs is 1. The summed E-state index contributed by atoms with van der Waals surface area (Å²) in [6.45, 7) is 4.79. The summed E-state index contributed by atoms with van der Waals surface area (Å²) in [5.41, 5.74) is 1.77. The monoisotopic (exact) mass is 523 g/mol. The topological polar surface area (TPSA) is 110 Å². The van der Waals surface area contributed by atoms with Crippen LogP contribution in [0.4, 0.5) is 0 Å². The van der Waals surface area contributed by atoms with E-state index >= 15 is 0 Å². The van der Waals surface area contributed by atoms with Crippen LogP contribution >= 0.6 is 15.9 Å². The molecule has 0 bridgehead atoms. The standard InChI is InChI=1S/C22H26BrN3O5S/c1-15(2)31-18-4-6-19(7-5-18)32(29,30)25-10-9-24-12-16-13-26(14-22(27)28)21-11-17(23)3-8-20(16)21/h3-8,11,13,15,24-25H,9-10,12,14H2,1-2H3,(H,27,28). The van der Waals surface area contributed by atoms with Gasteiger partial charge in [0.2, 0.25) is 10.0 Å². The van der Waals surface area contributed by atoms with E-state index in [1.165, 1.54) is 12.1 Å². The first kappa shape index (κ1) is 24.2. The van der Waals surface area contributed by atoms with E-state index in [0.29, 0.717) is 18.8 Å². The fourth-order valence-electron chi connectivity index (χ4n) is 3.31. The zero-order chi connectivity index (χ0) is 23.3. The molecule has 10 heteroatoms. The number of ether oxygens (including phenoxy) is 1. The third kappa shape index (κ3) is 6.32. The van der Waals surface area contributed by atoms with Crippen LogP contribution in [-0.2, 0) is 27.9 Å². The van der Waals surface area contributed by atoms with E-state index in [1.807, 2.05) is 38.2 Å². The first-order valence-electron chi connectivity index (χ1n) is 10.1. The van der Waals surface area contributed by atoms with Crippen LogP contribution in [0.1, 0.15) is 19.4 Å². The van der Waals surface area contributed by atoms with E-state index in [1.54, 1.807) is 16.7 Å². The van der Waals surface area contributed by atoms with Crippen molar-refractivity contribution in [2.24, 2.45) is 0 Å². The molecule has 0 amide bonds. The summed E-state index contributed by atoms with van der Waals surface area (Å²) in [4.78, 5) is 11.3. The van der Waals surface area contributed by atoms with Crippen molar-refractivity contribution in [2.45, 2.75) is 37.9 Å². The summed E-state index contributed by atoms with van der Waals surface area (Å²) in [5.74, 6) is -0.297. The Bertz CT molecular complexity index is 1190. The van der Waals surface area contributed by atoms with Gasteiger partial charge in [-0.25, -0.2) is 13.1 Å². The SMILES string of the molecule is CC(C)Oc1ccc(S(=O)(=O)NCCNCc2cn(CC(=O)O)c3cc(Br)ccc23)cc1. The molecular weight excluding hydrogens is 498 g/mol. The molecule has 3 rings (SSSR count). The largest absolute Gasteiger partial charge is 0.491 e. The smallest absolute Gasteiger partial charge is 0.323 e. The summed E-state index contributed by atoms with van der Waals surface area (Å²) in [6, 6.07) is 12.0. The quantitative estimate of drug-likeness (QED) is 0.332. The number of carbonyl (C=O) groups is 1. The first-order valence-corrected chi connectivity index (χ1v) is 12.4. The minimum atomic E-state index is -3.62. The number of sulfonamides is 1. The highest BCUT2D eigenvalue weighted by molar-refractivity contribution is 9.10. The Morgan fingerprint density at radius 2 is 1.88 bits per heavy atom. The molecule has 3 aromatic rings. The van der Waals surface area contributed by atoms with E-state index in [-0.39, 0.29) is 24.1 Å². The number of aliphatic carboxylic acids is 1. The highest BCUT2D eigenvalue weighted by atomic mass is 79.9. The lowest BCUT2D eigenvalue weighted by molar-refractivity contribution is -0.137. The lowest BCUT2D eigenvalue weighted by atomic mass is 10.2. The molecule has 0 spiro atoms. The number of halogens is 1. The zero-order valence-electron chi connectivity index (χ0n) is 17.8. The zero-order valence-corrected chi connectivity index (χ0v) is 20.2. The molecule has 0 aliphatic rings. The second-order valence-electron chi connectivity index (χ2n) is 7.55. The van der Waals surface area contributed by atoms with Crippen molar-refractivity contribution in [1.82, 2.24) is 14.6 Å². The number of aromatic nitrogens is 1. The third-order valence-electron chi connectivity index (χ3n) is 4.65. The van der Waals surface area contributed by atoms with Gasteiger partial charge in [0.25, 0.3) is 0 Å². The first-order chi connectivity index (χ1) is 15.2. The van der Waals surface area contributed by atoms with Crippen molar-refractivity contribution >= 4 is 42.8 Å². The van der Waals surface area contributed by atoms with Gasteiger partial charge in [0.15, 0.2) is 0 Å². The molecule has 1 aromatic heterocycles. The van der Waals surface area contributed by atoms with Gasteiger partial charge in [-0.05, 0) is 55.8 Å². The molecule has 32 heavy (non-hydrogen) atoms. The third-order valence-corrected chi connectivity index (χ3v) is 6.62. The summed E-state index contributed by atoms with van der Waals surface area (Å²) in [5, 5.41) is 13.3. The molecule has 0 fully saturated rings. The normalized spacial score (nSPS) is 11.9. The van der Waals surface area contributed by atoms with Gasteiger partial charge < -0.3 is 19.7 Å². The minimum absolute atomic E-state index is 0.0151. The number of nitrogens with zero attached hydrogens (tertiary/aromatic N) is 1. The van der Waals surface area contributed by atoms with Crippen LogP contribution in [0.5, 0.6) is 5.75 Å². The molecule has 0 aliphatic heterocycles. The van der Waals surface area contributed by atoms with Crippen LogP contribution in [0.3, 0.4) is 0 Å². The summed E-state index contributed by atoms with van der Waals surface area (Å²) in [7, 11) is -3.62. The Kier molecular flexibility index (Phi) is 7.94. The Labute approximate surface area is 195 Å². The Morgan fingerprint density at radius 1 is 1.16 bits per heavy atom. The van der Waals surface area contributed by atoms with E-state index in [2.05, 4.69) is 26.0 Å². The predicted molar refractivity (Wildman–Crippen MR) is 126 cm³/mol. The summed E-state index contributed by atoms with van der Waals surface area (Å²) in [6.07, 6.45) is 1.82. The van der Waals surface area contributed by atoms with E-state index < -0.39 is 16.0 Å². The average Bonchev–Trinajstić information content (AvgIpc) is 3.03. The molecular formula is C22H26BrN3O5S. The van der Waals surface area contributed by atoms with Crippen molar-refractivity contribution in [1.29, 1.82) is 0 Å². The van der Waals surface area contributed by atoms with Crippen LogP contribution in [0, 0.1) is 0 Å². The fourth-order valence-corrected chi connectivity index (χ4v) is 4.69. The maximum absolute atomic E-state index is 12.5. The van der Waals surface area contributed by atoms with Gasteiger partial charge in [0.05, 0.1) is 11.0 Å². The number of carboxylic acid groups (broad SMARTS) is 1. The van der Waals surface area contributed by atoms with Crippen molar-refractivity contribution in [2.75, 3.05) is 13.1 Å². The molecule has 0 radical (unpaired) electrons. The summed E-state index contributed by atoms with van der Waals surface area (Å²) < 4.78 is 35.6. The fraction of sp³-hybridized carbons (Fsp3) is 0.318. The Balaban J connectivity index is 1.56. The summed E-state index contributed by atoms with van der Waals surface area (Å²) >= 11 is 3.42. The lowest BCUT2D eigenvalue weighted by Gasteiger charge is -2.11. The number of carboxylic acids is 1. The maximum Gasteiger partial charge on any atom is 0.323 e. The molecule has 1 heterocycles. The van der Waals surface area contributed by atoms with E-state index in [9.17, 15) is 13.2 Å². The molecule has 2 aromatic carbocycles. The van der Waals surface area contributed by atoms with Crippen LogP contribution in [0.2, 0.25) is 0 Å². The van der Waals surface area contributed by atoms with Gasteiger partial charge >= 0.3 is 5.97 Å². The van der Waals surface area contributed by atoms with Crippen molar-refractivity contribution in [3.05, 3.63) is 58.7 Å². The molecule has 0 atom stereocenters. The molecule has 172 valence electrons. The predicted octanol–water partition coefficient (Wildman–Crippen LogP) is 3.34. The van der Waals surface area contributed by atoms with Crippen LogP contribution in [-0.4, -0.2) is 43.3 Å². The highest BCUT2D eigenvalue weighted by Gasteiger charge is 2.14. The average molecular weight is 524 g/mol. The maximum atomic E-state index is 12.5. The second kappa shape index (κ2) is 10.5. The van der Waals surface area contributed by atoms with Crippen molar-refractivity contribution in [3.63, 3.8) is 0 Å². The van der Waals surface area contributed by atoms with Crippen molar-refractivity contribution in [3.8, 4) is 5.75 Å². The van der Waals surface area contributed by atoms with Gasteiger partial charge in [0, 0.05) is 41.2 Å².